The topological polar surface area (TPSA) is 47.3 Å². The van der Waals surface area contributed by atoms with Crippen LogP contribution in [-0.4, -0.2) is 11.6 Å². The first-order chi connectivity index (χ1) is 6.16. The fourth-order valence-electron chi connectivity index (χ4n) is 1.25. The second kappa shape index (κ2) is 4.03. The minimum Gasteiger partial charge on any atom is -0.461 e. The molecule has 1 aromatic rings. The van der Waals surface area contributed by atoms with Crippen LogP contribution in [0.1, 0.15) is 30.8 Å². The molecule has 1 atom stereocenters. The molecule has 0 bridgehead atoms. The van der Waals surface area contributed by atoms with Crippen LogP contribution in [0.4, 0.5) is 0 Å². The number of hydrogen-bond acceptors (Lipinski definition) is 3. The van der Waals surface area contributed by atoms with Gasteiger partial charge < -0.3 is 4.42 Å². The van der Waals surface area contributed by atoms with Gasteiger partial charge >= 0.3 is 0 Å². The largest absolute Gasteiger partial charge is 0.461 e. The molecule has 0 aliphatic rings. The van der Waals surface area contributed by atoms with Gasteiger partial charge in [0, 0.05) is 0 Å². The Bertz CT molecular complexity index is 298. The molecule has 70 valence electrons. The molecule has 0 N–H and O–H groups in total. The van der Waals surface area contributed by atoms with E-state index in [4.69, 9.17) is 4.42 Å². The summed E-state index contributed by atoms with van der Waals surface area (Å²) in [4.78, 5) is 22.6. The van der Waals surface area contributed by atoms with E-state index in [1.54, 1.807) is 12.1 Å². The van der Waals surface area contributed by atoms with Crippen molar-refractivity contribution in [1.29, 1.82) is 0 Å². The van der Waals surface area contributed by atoms with E-state index in [0.717, 1.165) is 0 Å². The Morgan fingerprint density at radius 2 is 2.23 bits per heavy atom. The van der Waals surface area contributed by atoms with Gasteiger partial charge in [0.25, 0.3) is 0 Å². The van der Waals surface area contributed by atoms with Crippen LogP contribution < -0.4 is 0 Å². The van der Waals surface area contributed by atoms with Crippen molar-refractivity contribution in [2.24, 2.45) is 5.92 Å². The van der Waals surface area contributed by atoms with E-state index < -0.39 is 5.92 Å². The van der Waals surface area contributed by atoms with Gasteiger partial charge in [-0.1, -0.05) is 6.92 Å². The predicted octanol–water partition coefficient (Wildman–Crippen LogP) is 2.08. The van der Waals surface area contributed by atoms with Crippen molar-refractivity contribution in [3.63, 3.8) is 0 Å². The fraction of sp³-hybridized carbons (Fsp3) is 0.400. The Balaban J connectivity index is 2.83. The third kappa shape index (κ3) is 2.05. The molecule has 3 heteroatoms. The number of furan rings is 1. The average molecular weight is 180 g/mol. The first-order valence-electron chi connectivity index (χ1n) is 4.25. The Labute approximate surface area is 76.7 Å². The zero-order valence-electron chi connectivity index (χ0n) is 7.74. The smallest absolute Gasteiger partial charge is 0.208 e. The number of carbonyl (C=O) groups excluding carboxylic acids is 2. The second-order valence-corrected chi connectivity index (χ2v) is 2.91. The summed E-state index contributed by atoms with van der Waals surface area (Å²) in [7, 11) is 0. The maximum atomic E-state index is 11.6. The van der Waals surface area contributed by atoms with Gasteiger partial charge in [-0.15, -0.1) is 0 Å². The molecule has 1 aromatic heterocycles. The van der Waals surface area contributed by atoms with Crippen LogP contribution in [0.3, 0.4) is 0 Å². The van der Waals surface area contributed by atoms with Crippen LogP contribution in [0.5, 0.6) is 0 Å². The number of Topliss-reactive ketones (excluding diaryl/α,β-unsaturated/α-hetero) is 2. The fourth-order valence-corrected chi connectivity index (χ4v) is 1.25. The Hall–Kier alpha value is -1.38. The molecule has 0 spiro atoms. The Morgan fingerprint density at radius 3 is 2.62 bits per heavy atom. The van der Waals surface area contributed by atoms with Crippen LogP contribution >= 0.6 is 0 Å². The van der Waals surface area contributed by atoms with Gasteiger partial charge in [-0.05, 0) is 25.5 Å². The summed E-state index contributed by atoms with van der Waals surface area (Å²) in [6.45, 7) is 3.24. The summed E-state index contributed by atoms with van der Waals surface area (Å²) < 4.78 is 4.93. The lowest BCUT2D eigenvalue weighted by Crippen LogP contribution is -2.20. The SMILES string of the molecule is CCC(C(C)=O)C(=O)c1ccco1. The van der Waals surface area contributed by atoms with Gasteiger partial charge in [0.05, 0.1) is 12.2 Å². The van der Waals surface area contributed by atoms with E-state index in [-0.39, 0.29) is 17.3 Å². The molecule has 0 saturated carbocycles. The van der Waals surface area contributed by atoms with E-state index in [1.165, 1.54) is 13.2 Å². The summed E-state index contributed by atoms with van der Waals surface area (Å²) in [5, 5.41) is 0. The molecule has 0 saturated heterocycles. The molecular formula is C10H12O3. The molecule has 1 rings (SSSR count). The molecule has 0 fully saturated rings. The van der Waals surface area contributed by atoms with Crippen molar-refractivity contribution in [3.05, 3.63) is 24.2 Å². The monoisotopic (exact) mass is 180 g/mol. The van der Waals surface area contributed by atoms with E-state index in [1.807, 2.05) is 6.92 Å². The van der Waals surface area contributed by atoms with Gasteiger partial charge in [-0.3, -0.25) is 9.59 Å². The molecule has 0 aliphatic carbocycles. The van der Waals surface area contributed by atoms with Crippen LogP contribution in [0.25, 0.3) is 0 Å². The van der Waals surface area contributed by atoms with E-state index in [2.05, 4.69) is 0 Å². The number of hydrogen-bond donors (Lipinski definition) is 0. The molecule has 0 aromatic carbocycles. The van der Waals surface area contributed by atoms with Crippen molar-refractivity contribution in [3.8, 4) is 0 Å². The predicted molar refractivity (Wildman–Crippen MR) is 47.5 cm³/mol. The molecule has 3 nitrogen and oxygen atoms in total. The summed E-state index contributed by atoms with van der Waals surface area (Å²) in [6, 6.07) is 3.22. The quantitative estimate of drug-likeness (QED) is 0.526. The van der Waals surface area contributed by atoms with Crippen LogP contribution in [-0.2, 0) is 4.79 Å². The van der Waals surface area contributed by atoms with Crippen LogP contribution in [0.15, 0.2) is 22.8 Å². The first kappa shape index (κ1) is 9.71. The highest BCUT2D eigenvalue weighted by Gasteiger charge is 2.24. The van der Waals surface area contributed by atoms with Gasteiger partial charge in [0.1, 0.15) is 5.78 Å². The lowest BCUT2D eigenvalue weighted by Gasteiger charge is -2.06. The van der Waals surface area contributed by atoms with Crippen molar-refractivity contribution < 1.29 is 14.0 Å². The third-order valence-electron chi connectivity index (χ3n) is 1.98. The molecule has 0 aliphatic heterocycles. The lowest BCUT2D eigenvalue weighted by molar-refractivity contribution is -0.119. The summed E-state index contributed by atoms with van der Waals surface area (Å²) >= 11 is 0. The normalized spacial score (nSPS) is 12.5. The zero-order chi connectivity index (χ0) is 9.84. The summed E-state index contributed by atoms with van der Waals surface area (Å²) in [5.74, 6) is -0.614. The van der Waals surface area contributed by atoms with E-state index >= 15 is 0 Å². The molecule has 0 radical (unpaired) electrons. The van der Waals surface area contributed by atoms with Gasteiger partial charge in [-0.2, -0.15) is 0 Å². The molecule has 1 unspecified atom stereocenters. The molecule has 13 heavy (non-hydrogen) atoms. The van der Waals surface area contributed by atoms with E-state index in [0.29, 0.717) is 6.42 Å². The Kier molecular flexibility index (Phi) is 3.01. The van der Waals surface area contributed by atoms with Gasteiger partial charge in [-0.25, -0.2) is 0 Å². The first-order valence-corrected chi connectivity index (χ1v) is 4.25. The highest BCUT2D eigenvalue weighted by Crippen LogP contribution is 2.13. The van der Waals surface area contributed by atoms with Crippen molar-refractivity contribution in [2.45, 2.75) is 20.3 Å². The minimum atomic E-state index is -0.550. The summed E-state index contributed by atoms with van der Waals surface area (Å²) in [5.41, 5.74) is 0. The van der Waals surface area contributed by atoms with Crippen molar-refractivity contribution >= 4 is 11.6 Å². The van der Waals surface area contributed by atoms with E-state index in [9.17, 15) is 9.59 Å². The third-order valence-corrected chi connectivity index (χ3v) is 1.98. The molecular weight excluding hydrogens is 168 g/mol. The second-order valence-electron chi connectivity index (χ2n) is 2.91. The maximum Gasteiger partial charge on any atom is 0.208 e. The highest BCUT2D eigenvalue weighted by atomic mass is 16.3. The van der Waals surface area contributed by atoms with Crippen LogP contribution in [0.2, 0.25) is 0 Å². The zero-order valence-corrected chi connectivity index (χ0v) is 7.74. The van der Waals surface area contributed by atoms with Crippen molar-refractivity contribution in [1.82, 2.24) is 0 Å². The minimum absolute atomic E-state index is 0.107. The molecule has 0 amide bonds. The van der Waals surface area contributed by atoms with Gasteiger partial charge in [0.2, 0.25) is 5.78 Å². The van der Waals surface area contributed by atoms with Crippen LogP contribution in [0, 0.1) is 5.92 Å². The number of carbonyl (C=O) groups is 2. The summed E-state index contributed by atoms with van der Waals surface area (Å²) in [6.07, 6.45) is 1.95. The maximum absolute atomic E-state index is 11.6. The molecule has 1 heterocycles. The average Bonchev–Trinajstić information content (AvgIpc) is 2.56. The number of rotatable bonds is 4. The van der Waals surface area contributed by atoms with Gasteiger partial charge in [0.15, 0.2) is 5.76 Å². The van der Waals surface area contributed by atoms with Crippen molar-refractivity contribution in [2.75, 3.05) is 0 Å². The number of ketones is 2. The highest BCUT2D eigenvalue weighted by molar-refractivity contribution is 6.08. The Morgan fingerprint density at radius 1 is 1.54 bits per heavy atom. The standard InChI is InChI=1S/C10H12O3/c1-3-8(7(2)11)10(12)9-5-4-6-13-9/h4-6,8H,3H2,1-2H3. The lowest BCUT2D eigenvalue weighted by atomic mass is 9.95.